The second-order valence-electron chi connectivity index (χ2n) is 4.98. The van der Waals surface area contributed by atoms with Gasteiger partial charge in [0.15, 0.2) is 0 Å². The normalized spacial score (nSPS) is 12.9. The Morgan fingerprint density at radius 1 is 1.26 bits per heavy atom. The van der Waals surface area contributed by atoms with E-state index in [9.17, 15) is 5.11 Å². The molecule has 0 atom stereocenters. The first-order chi connectivity index (χ1) is 9.24. The van der Waals surface area contributed by atoms with Crippen molar-refractivity contribution < 1.29 is 5.11 Å². The van der Waals surface area contributed by atoms with Crippen LogP contribution >= 0.6 is 0 Å². The van der Waals surface area contributed by atoms with E-state index in [2.05, 4.69) is 28.8 Å². The molecule has 0 fully saturated rings. The molecular weight excluding hydrogens is 236 g/mol. The van der Waals surface area contributed by atoms with Crippen LogP contribution in [-0.2, 0) is 13.0 Å². The molecule has 0 aliphatic carbocycles. The third-order valence-electron chi connectivity index (χ3n) is 3.61. The van der Waals surface area contributed by atoms with Crippen molar-refractivity contribution in [3.05, 3.63) is 53.1 Å². The van der Waals surface area contributed by atoms with Crippen LogP contribution in [0.3, 0.4) is 0 Å². The Labute approximate surface area is 113 Å². The number of benzene rings is 2. The van der Waals surface area contributed by atoms with E-state index >= 15 is 0 Å². The molecule has 0 radical (unpaired) electrons. The summed E-state index contributed by atoms with van der Waals surface area (Å²) < 4.78 is 0. The van der Waals surface area contributed by atoms with Crippen LogP contribution in [0.2, 0.25) is 0 Å². The van der Waals surface area contributed by atoms with E-state index < -0.39 is 0 Å². The zero-order valence-electron chi connectivity index (χ0n) is 11.0. The summed E-state index contributed by atoms with van der Waals surface area (Å²) in [7, 11) is 0. The highest BCUT2D eigenvalue weighted by Gasteiger charge is 2.13. The van der Waals surface area contributed by atoms with Crippen LogP contribution in [0.4, 0.5) is 11.4 Å². The lowest BCUT2D eigenvalue weighted by Crippen LogP contribution is -2.04. The lowest BCUT2D eigenvalue weighted by atomic mass is 10.1. The highest BCUT2D eigenvalue weighted by atomic mass is 16.3. The predicted molar refractivity (Wildman–Crippen MR) is 78.8 cm³/mol. The van der Waals surface area contributed by atoms with Gasteiger partial charge in [0.05, 0.1) is 0 Å². The van der Waals surface area contributed by atoms with Crippen LogP contribution in [0.1, 0.15) is 16.7 Å². The number of anilines is 2. The molecule has 2 aromatic carbocycles. The van der Waals surface area contributed by atoms with E-state index in [-0.39, 0.29) is 0 Å². The highest BCUT2D eigenvalue weighted by Crippen LogP contribution is 2.27. The third-order valence-corrected chi connectivity index (χ3v) is 3.61. The molecule has 2 aromatic rings. The summed E-state index contributed by atoms with van der Waals surface area (Å²) in [5, 5.41) is 16.3. The number of fused-ring (bicyclic) bond motifs is 1. The topological polar surface area (TPSA) is 44.3 Å². The Bertz CT molecular complexity index is 608. The van der Waals surface area contributed by atoms with Gasteiger partial charge in [-0.1, -0.05) is 18.2 Å². The molecule has 19 heavy (non-hydrogen) atoms. The number of para-hydroxylation sites is 1. The predicted octanol–water partition coefficient (Wildman–Crippen LogP) is 3.28. The van der Waals surface area contributed by atoms with Crippen molar-refractivity contribution in [3.63, 3.8) is 0 Å². The number of nitrogens with one attached hydrogen (secondary N) is 2. The number of aromatic hydroxyl groups is 1. The van der Waals surface area contributed by atoms with Crippen LogP contribution in [0.15, 0.2) is 36.4 Å². The van der Waals surface area contributed by atoms with Crippen LogP contribution < -0.4 is 10.6 Å². The molecule has 0 saturated heterocycles. The van der Waals surface area contributed by atoms with Gasteiger partial charge in [0.2, 0.25) is 0 Å². The van der Waals surface area contributed by atoms with Gasteiger partial charge in [-0.2, -0.15) is 0 Å². The van der Waals surface area contributed by atoms with Crippen molar-refractivity contribution in [1.29, 1.82) is 0 Å². The Morgan fingerprint density at radius 2 is 2.16 bits per heavy atom. The molecular formula is C16H18N2O. The average Bonchev–Trinajstić information content (AvgIpc) is 2.86. The van der Waals surface area contributed by atoms with E-state index in [0.717, 1.165) is 30.8 Å². The van der Waals surface area contributed by atoms with Crippen LogP contribution in [0.25, 0.3) is 0 Å². The van der Waals surface area contributed by atoms with Crippen molar-refractivity contribution in [2.24, 2.45) is 0 Å². The Kier molecular flexibility index (Phi) is 3.03. The minimum Gasteiger partial charge on any atom is -0.508 e. The first-order valence-corrected chi connectivity index (χ1v) is 6.62. The lowest BCUT2D eigenvalue weighted by Gasteiger charge is -2.13. The summed E-state index contributed by atoms with van der Waals surface area (Å²) in [6.45, 7) is 3.82. The van der Waals surface area contributed by atoms with E-state index in [1.54, 1.807) is 12.1 Å². The fourth-order valence-corrected chi connectivity index (χ4v) is 2.59. The van der Waals surface area contributed by atoms with Gasteiger partial charge in [-0.3, -0.25) is 0 Å². The standard InChI is InChI=1S/C16H18N2O/c1-11-9-14(19)5-6-15(11)18-10-13-4-2-3-12-7-8-17-16(12)13/h2-6,9,17-19H,7-8,10H2,1H3. The van der Waals surface area contributed by atoms with Crippen LogP contribution in [0, 0.1) is 6.92 Å². The van der Waals surface area contributed by atoms with Crippen molar-refractivity contribution >= 4 is 11.4 Å². The summed E-state index contributed by atoms with van der Waals surface area (Å²) in [5.74, 6) is 0.310. The molecule has 1 heterocycles. The first kappa shape index (κ1) is 11.9. The minimum atomic E-state index is 0.310. The third kappa shape index (κ3) is 2.36. The summed E-state index contributed by atoms with van der Waals surface area (Å²) in [6, 6.07) is 11.9. The van der Waals surface area contributed by atoms with Gasteiger partial charge < -0.3 is 15.7 Å². The molecule has 0 spiro atoms. The number of hydrogen-bond donors (Lipinski definition) is 3. The second kappa shape index (κ2) is 4.84. The summed E-state index contributed by atoms with van der Waals surface area (Å²) in [5.41, 5.74) is 6.10. The van der Waals surface area contributed by atoms with Gasteiger partial charge >= 0.3 is 0 Å². The second-order valence-corrected chi connectivity index (χ2v) is 4.98. The smallest absolute Gasteiger partial charge is 0.115 e. The molecule has 0 amide bonds. The molecule has 3 heteroatoms. The summed E-state index contributed by atoms with van der Waals surface area (Å²) in [6.07, 6.45) is 1.11. The zero-order chi connectivity index (χ0) is 13.2. The Hall–Kier alpha value is -2.16. The van der Waals surface area contributed by atoms with E-state index in [4.69, 9.17) is 0 Å². The maximum Gasteiger partial charge on any atom is 0.115 e. The molecule has 1 aliphatic rings. The quantitative estimate of drug-likeness (QED) is 0.736. The van der Waals surface area contributed by atoms with Gasteiger partial charge in [0.1, 0.15) is 5.75 Å². The molecule has 0 unspecified atom stereocenters. The molecule has 0 bridgehead atoms. The number of aryl methyl sites for hydroxylation is 1. The van der Waals surface area contributed by atoms with Crippen molar-refractivity contribution in [2.75, 3.05) is 17.2 Å². The van der Waals surface area contributed by atoms with E-state index in [1.807, 2.05) is 13.0 Å². The van der Waals surface area contributed by atoms with Gasteiger partial charge in [-0.05, 0) is 48.2 Å². The minimum absolute atomic E-state index is 0.310. The van der Waals surface area contributed by atoms with Crippen molar-refractivity contribution in [2.45, 2.75) is 19.9 Å². The maximum atomic E-state index is 9.41. The zero-order valence-corrected chi connectivity index (χ0v) is 11.0. The maximum absolute atomic E-state index is 9.41. The fourth-order valence-electron chi connectivity index (χ4n) is 2.59. The molecule has 3 nitrogen and oxygen atoms in total. The first-order valence-electron chi connectivity index (χ1n) is 6.62. The molecule has 3 rings (SSSR count). The Balaban J connectivity index is 1.78. The van der Waals surface area contributed by atoms with Crippen molar-refractivity contribution in [1.82, 2.24) is 0 Å². The molecule has 1 aliphatic heterocycles. The number of hydrogen-bond acceptors (Lipinski definition) is 3. The van der Waals surface area contributed by atoms with Gasteiger partial charge in [-0.25, -0.2) is 0 Å². The van der Waals surface area contributed by atoms with Crippen LogP contribution in [-0.4, -0.2) is 11.7 Å². The molecule has 0 saturated carbocycles. The molecule has 0 aromatic heterocycles. The highest BCUT2D eigenvalue weighted by molar-refractivity contribution is 5.62. The summed E-state index contributed by atoms with van der Waals surface area (Å²) >= 11 is 0. The monoisotopic (exact) mass is 254 g/mol. The average molecular weight is 254 g/mol. The summed E-state index contributed by atoms with van der Waals surface area (Å²) in [4.78, 5) is 0. The van der Waals surface area contributed by atoms with Crippen molar-refractivity contribution in [3.8, 4) is 5.75 Å². The fraction of sp³-hybridized carbons (Fsp3) is 0.250. The SMILES string of the molecule is Cc1cc(O)ccc1NCc1cccc2c1NCC2. The Morgan fingerprint density at radius 3 is 3.00 bits per heavy atom. The van der Waals surface area contributed by atoms with Gasteiger partial charge in [0.25, 0.3) is 0 Å². The number of rotatable bonds is 3. The van der Waals surface area contributed by atoms with Crippen LogP contribution in [0.5, 0.6) is 5.75 Å². The molecule has 98 valence electrons. The van der Waals surface area contributed by atoms with E-state index in [1.165, 1.54) is 16.8 Å². The molecule has 3 N–H and O–H groups in total. The number of phenolic OH excluding ortho intramolecular Hbond substituents is 1. The largest absolute Gasteiger partial charge is 0.508 e. The number of phenols is 1. The lowest BCUT2D eigenvalue weighted by molar-refractivity contribution is 0.475. The van der Waals surface area contributed by atoms with Gasteiger partial charge in [-0.15, -0.1) is 0 Å². The van der Waals surface area contributed by atoms with Gasteiger partial charge in [0, 0.05) is 24.5 Å². The van der Waals surface area contributed by atoms with E-state index in [0.29, 0.717) is 5.75 Å².